The maximum absolute atomic E-state index is 13.0. The minimum absolute atomic E-state index is 0.119. The van der Waals surface area contributed by atoms with Crippen LogP contribution in [0.25, 0.3) is 21.3 Å². The number of nitrogens with zero attached hydrogens (tertiary/aromatic N) is 4. The Morgan fingerprint density at radius 3 is 2.92 bits per heavy atom. The largest absolute Gasteiger partial charge is 0.477 e. The molecule has 1 aromatic carbocycles. The van der Waals surface area contributed by atoms with Crippen molar-refractivity contribution in [2.24, 2.45) is 0 Å². The number of thiophene rings is 1. The molecule has 0 amide bonds. The lowest BCUT2D eigenvalue weighted by molar-refractivity contribution is 0.0968. The summed E-state index contributed by atoms with van der Waals surface area (Å²) in [5.41, 5.74) is 2.41. The van der Waals surface area contributed by atoms with Gasteiger partial charge in [0.05, 0.1) is 27.9 Å². The molecule has 0 aliphatic carbocycles. The van der Waals surface area contributed by atoms with E-state index in [0.717, 1.165) is 26.8 Å². The Balaban J connectivity index is 1.89. The maximum Gasteiger partial charge on any atom is 0.274 e. The summed E-state index contributed by atoms with van der Waals surface area (Å²) >= 11 is 1.35. The quantitative estimate of drug-likeness (QED) is 0.572. The van der Waals surface area contributed by atoms with Gasteiger partial charge in [0, 0.05) is 0 Å². The van der Waals surface area contributed by atoms with Gasteiger partial charge in [0.15, 0.2) is 0 Å². The highest BCUT2D eigenvalue weighted by molar-refractivity contribution is 7.20. The smallest absolute Gasteiger partial charge is 0.274 e. The number of rotatable bonds is 3. The van der Waals surface area contributed by atoms with Crippen LogP contribution in [0.15, 0.2) is 36.9 Å². The second-order valence-electron chi connectivity index (χ2n) is 5.26. The van der Waals surface area contributed by atoms with E-state index < -0.39 is 0 Å². The number of hydrogen-bond acceptors (Lipinski definition) is 6. The zero-order valence-electron chi connectivity index (χ0n) is 13.2. The monoisotopic (exact) mass is 338 g/mol. The summed E-state index contributed by atoms with van der Waals surface area (Å²) in [5, 5.41) is 0.803. The second-order valence-corrected chi connectivity index (χ2v) is 6.26. The molecule has 4 aromatic rings. The third-order valence-electron chi connectivity index (χ3n) is 3.84. The van der Waals surface area contributed by atoms with E-state index in [1.807, 2.05) is 38.1 Å². The Morgan fingerprint density at radius 1 is 1.25 bits per heavy atom. The Kier molecular flexibility index (Phi) is 3.50. The van der Waals surface area contributed by atoms with Crippen LogP contribution in [0, 0.1) is 6.92 Å². The molecule has 0 atom stereocenters. The van der Waals surface area contributed by atoms with Gasteiger partial charge < -0.3 is 4.74 Å². The Hall–Kier alpha value is -2.80. The van der Waals surface area contributed by atoms with Gasteiger partial charge in [-0.2, -0.15) is 0 Å². The average molecular weight is 338 g/mol. The molecule has 0 bridgehead atoms. The van der Waals surface area contributed by atoms with Crippen molar-refractivity contribution in [3.8, 4) is 5.88 Å². The highest BCUT2D eigenvalue weighted by atomic mass is 32.1. The number of aryl methyl sites for hydroxylation is 1. The van der Waals surface area contributed by atoms with Crippen LogP contribution < -0.4 is 4.74 Å². The molecule has 0 aliphatic rings. The first-order chi connectivity index (χ1) is 11.7. The molecule has 0 spiro atoms. The van der Waals surface area contributed by atoms with Crippen LogP contribution in [0.3, 0.4) is 0 Å². The molecule has 0 saturated carbocycles. The number of hydrogen-bond donors (Lipinski definition) is 0. The third-order valence-corrected chi connectivity index (χ3v) is 5.03. The SMILES string of the molecule is CCOc1ncnc2sc(C(=O)n3cnc4ccccc43)c(C)c12. The molecule has 0 fully saturated rings. The normalized spacial score (nSPS) is 11.2. The van der Waals surface area contributed by atoms with Crippen molar-refractivity contribution in [2.45, 2.75) is 13.8 Å². The Bertz CT molecular complexity index is 1070. The zero-order valence-corrected chi connectivity index (χ0v) is 14.0. The highest BCUT2D eigenvalue weighted by Crippen LogP contribution is 2.35. The molecular formula is C17H14N4O2S. The average Bonchev–Trinajstić information content (AvgIpc) is 3.17. The number of carbonyl (C=O) groups is 1. The molecule has 0 saturated heterocycles. The summed E-state index contributed by atoms with van der Waals surface area (Å²) in [6.45, 7) is 4.31. The van der Waals surface area contributed by atoms with Crippen LogP contribution in [-0.2, 0) is 0 Å². The van der Waals surface area contributed by atoms with Gasteiger partial charge in [-0.25, -0.2) is 15.0 Å². The summed E-state index contributed by atoms with van der Waals surface area (Å²) in [5.74, 6) is 0.400. The van der Waals surface area contributed by atoms with E-state index in [1.54, 1.807) is 10.9 Å². The van der Waals surface area contributed by atoms with Crippen molar-refractivity contribution in [1.29, 1.82) is 0 Å². The number of aromatic nitrogens is 4. The summed E-state index contributed by atoms with van der Waals surface area (Å²) in [4.78, 5) is 27.2. The van der Waals surface area contributed by atoms with Crippen LogP contribution in [-0.4, -0.2) is 32.0 Å². The molecule has 3 heterocycles. The fourth-order valence-corrected chi connectivity index (χ4v) is 3.80. The minimum atomic E-state index is -0.119. The number of para-hydroxylation sites is 2. The first-order valence-corrected chi connectivity index (χ1v) is 8.36. The first kappa shape index (κ1) is 14.8. The lowest BCUT2D eigenvalue weighted by atomic mass is 10.2. The number of benzene rings is 1. The van der Waals surface area contributed by atoms with Gasteiger partial charge in [-0.05, 0) is 31.5 Å². The summed E-state index contributed by atoms with van der Waals surface area (Å²) in [6, 6.07) is 7.56. The summed E-state index contributed by atoms with van der Waals surface area (Å²) in [7, 11) is 0. The summed E-state index contributed by atoms with van der Waals surface area (Å²) < 4.78 is 7.15. The standard InChI is InChI=1S/C17H14N4O2S/c1-3-23-15-13-10(2)14(24-16(13)19-8-18-15)17(22)21-9-20-11-6-4-5-7-12(11)21/h4-9H,3H2,1-2H3. The minimum Gasteiger partial charge on any atom is -0.477 e. The number of carbonyl (C=O) groups excluding carboxylic acids is 1. The van der Waals surface area contributed by atoms with Gasteiger partial charge in [-0.1, -0.05) is 12.1 Å². The van der Waals surface area contributed by atoms with Gasteiger partial charge >= 0.3 is 0 Å². The van der Waals surface area contributed by atoms with Gasteiger partial charge in [0.1, 0.15) is 17.5 Å². The van der Waals surface area contributed by atoms with Crippen LogP contribution in [0.2, 0.25) is 0 Å². The van der Waals surface area contributed by atoms with E-state index in [1.165, 1.54) is 17.7 Å². The van der Waals surface area contributed by atoms with Crippen LogP contribution in [0.4, 0.5) is 0 Å². The number of ether oxygens (including phenoxy) is 1. The van der Waals surface area contributed by atoms with Crippen molar-refractivity contribution in [2.75, 3.05) is 6.61 Å². The number of fused-ring (bicyclic) bond motifs is 2. The van der Waals surface area contributed by atoms with E-state index in [0.29, 0.717) is 17.4 Å². The maximum atomic E-state index is 13.0. The second kappa shape index (κ2) is 5.68. The number of imidazole rings is 1. The molecular weight excluding hydrogens is 324 g/mol. The molecule has 7 heteroatoms. The third kappa shape index (κ3) is 2.16. The van der Waals surface area contributed by atoms with Crippen molar-refractivity contribution in [3.05, 3.63) is 47.4 Å². The van der Waals surface area contributed by atoms with Crippen molar-refractivity contribution in [3.63, 3.8) is 0 Å². The van der Waals surface area contributed by atoms with Gasteiger partial charge in [-0.3, -0.25) is 9.36 Å². The topological polar surface area (TPSA) is 69.9 Å². The van der Waals surface area contributed by atoms with E-state index in [9.17, 15) is 4.79 Å². The predicted molar refractivity (Wildman–Crippen MR) is 92.8 cm³/mol. The molecule has 4 rings (SSSR count). The molecule has 0 unspecified atom stereocenters. The van der Waals surface area contributed by atoms with Crippen molar-refractivity contribution in [1.82, 2.24) is 19.5 Å². The molecule has 120 valence electrons. The van der Waals surface area contributed by atoms with Crippen molar-refractivity contribution >= 4 is 38.5 Å². The lowest BCUT2D eigenvalue weighted by Crippen LogP contribution is -2.10. The van der Waals surface area contributed by atoms with Gasteiger partial charge in [0.2, 0.25) is 5.88 Å². The van der Waals surface area contributed by atoms with E-state index in [2.05, 4.69) is 15.0 Å². The van der Waals surface area contributed by atoms with Gasteiger partial charge in [-0.15, -0.1) is 11.3 Å². The fraction of sp³-hybridized carbons (Fsp3) is 0.176. The highest BCUT2D eigenvalue weighted by Gasteiger charge is 2.22. The zero-order chi connectivity index (χ0) is 16.7. The van der Waals surface area contributed by atoms with Crippen molar-refractivity contribution < 1.29 is 9.53 Å². The summed E-state index contributed by atoms with van der Waals surface area (Å²) in [6.07, 6.45) is 3.02. The molecule has 0 radical (unpaired) electrons. The van der Waals surface area contributed by atoms with Crippen LogP contribution in [0.5, 0.6) is 5.88 Å². The molecule has 24 heavy (non-hydrogen) atoms. The first-order valence-electron chi connectivity index (χ1n) is 7.54. The van der Waals surface area contributed by atoms with Crippen LogP contribution >= 0.6 is 11.3 Å². The van der Waals surface area contributed by atoms with E-state index in [-0.39, 0.29) is 5.91 Å². The Morgan fingerprint density at radius 2 is 2.08 bits per heavy atom. The lowest BCUT2D eigenvalue weighted by Gasteiger charge is -2.04. The van der Waals surface area contributed by atoms with Crippen LogP contribution in [0.1, 0.15) is 22.2 Å². The predicted octanol–water partition coefficient (Wildman–Crippen LogP) is 3.44. The van der Waals surface area contributed by atoms with Gasteiger partial charge in [0.25, 0.3) is 5.91 Å². The fourth-order valence-electron chi connectivity index (χ4n) is 2.72. The molecule has 0 aliphatic heterocycles. The van der Waals surface area contributed by atoms with E-state index in [4.69, 9.17) is 4.74 Å². The van der Waals surface area contributed by atoms with E-state index >= 15 is 0 Å². The molecule has 6 nitrogen and oxygen atoms in total. The molecule has 3 aromatic heterocycles. The molecule has 0 N–H and O–H groups in total. The Labute approximate surface area is 141 Å².